The largest absolute Gasteiger partial charge is 0.494 e. The average molecular weight is 291 g/mol. The first-order chi connectivity index (χ1) is 10.1. The van der Waals surface area contributed by atoms with Gasteiger partial charge in [0.2, 0.25) is 0 Å². The van der Waals surface area contributed by atoms with Crippen molar-refractivity contribution in [1.82, 2.24) is 0 Å². The van der Waals surface area contributed by atoms with Gasteiger partial charge in [0.1, 0.15) is 5.75 Å². The Kier molecular flexibility index (Phi) is 5.65. The predicted molar refractivity (Wildman–Crippen MR) is 86.5 cm³/mol. The third kappa shape index (κ3) is 5.01. The lowest BCUT2D eigenvalue weighted by Gasteiger charge is -2.42. The lowest BCUT2D eigenvalue weighted by Crippen LogP contribution is -2.45. The highest BCUT2D eigenvalue weighted by molar-refractivity contribution is 5.20. The van der Waals surface area contributed by atoms with E-state index in [1.807, 2.05) is 30.3 Å². The maximum atomic E-state index is 6.15. The maximum absolute atomic E-state index is 6.15. The zero-order valence-electron chi connectivity index (χ0n) is 13.4. The van der Waals surface area contributed by atoms with Crippen LogP contribution in [-0.4, -0.2) is 25.4 Å². The van der Waals surface area contributed by atoms with Gasteiger partial charge in [-0.15, -0.1) is 0 Å². The zero-order chi connectivity index (χ0) is 15.2. The highest BCUT2D eigenvalue weighted by atomic mass is 16.5. The third-order valence-electron chi connectivity index (χ3n) is 4.60. The Bertz CT molecular complexity index is 406. The Morgan fingerprint density at radius 2 is 1.67 bits per heavy atom. The van der Waals surface area contributed by atoms with Crippen LogP contribution in [0.3, 0.4) is 0 Å². The summed E-state index contributed by atoms with van der Waals surface area (Å²) in [4.78, 5) is 0. The zero-order valence-corrected chi connectivity index (χ0v) is 13.4. The van der Waals surface area contributed by atoms with E-state index in [0.29, 0.717) is 18.6 Å². The van der Waals surface area contributed by atoms with Gasteiger partial charge >= 0.3 is 0 Å². The van der Waals surface area contributed by atoms with Gasteiger partial charge in [-0.2, -0.15) is 0 Å². The molecule has 0 spiro atoms. The second-order valence-corrected chi connectivity index (χ2v) is 6.91. The molecule has 1 aliphatic rings. The van der Waals surface area contributed by atoms with Gasteiger partial charge in [-0.25, -0.2) is 0 Å². The molecule has 1 aromatic rings. The van der Waals surface area contributed by atoms with E-state index in [2.05, 4.69) is 13.8 Å². The quantitative estimate of drug-likeness (QED) is 0.778. The summed E-state index contributed by atoms with van der Waals surface area (Å²) in [6, 6.07) is 9.92. The molecule has 3 nitrogen and oxygen atoms in total. The van der Waals surface area contributed by atoms with Crippen LogP contribution in [0.25, 0.3) is 0 Å². The molecule has 0 radical (unpaired) electrons. The molecule has 0 bridgehead atoms. The van der Waals surface area contributed by atoms with Gasteiger partial charge in [0.05, 0.1) is 18.8 Å². The maximum Gasteiger partial charge on any atom is 0.119 e. The van der Waals surface area contributed by atoms with Crippen LogP contribution >= 0.6 is 0 Å². The van der Waals surface area contributed by atoms with E-state index in [0.717, 1.165) is 31.6 Å². The normalized spacial score (nSPS) is 20.1. The first-order valence-electron chi connectivity index (χ1n) is 8.07. The number of ether oxygens (including phenoxy) is 2. The number of rotatable bonds is 7. The second kappa shape index (κ2) is 7.28. The van der Waals surface area contributed by atoms with Crippen LogP contribution in [0.4, 0.5) is 0 Å². The summed E-state index contributed by atoms with van der Waals surface area (Å²) in [5.41, 5.74) is 6.32. The van der Waals surface area contributed by atoms with E-state index < -0.39 is 0 Å². The van der Waals surface area contributed by atoms with E-state index in [9.17, 15) is 0 Å². The first kappa shape index (κ1) is 16.3. The van der Waals surface area contributed by atoms with Crippen molar-refractivity contribution < 1.29 is 9.47 Å². The molecular formula is C18H29NO2. The highest BCUT2D eigenvalue weighted by Gasteiger charge is 2.37. The molecule has 21 heavy (non-hydrogen) atoms. The third-order valence-corrected chi connectivity index (χ3v) is 4.60. The topological polar surface area (TPSA) is 44.5 Å². The molecule has 1 saturated carbocycles. The monoisotopic (exact) mass is 291 g/mol. The van der Waals surface area contributed by atoms with E-state index in [1.165, 1.54) is 12.8 Å². The van der Waals surface area contributed by atoms with Crippen molar-refractivity contribution in [2.75, 3.05) is 19.8 Å². The van der Waals surface area contributed by atoms with Gasteiger partial charge in [0.25, 0.3) is 0 Å². The van der Waals surface area contributed by atoms with Crippen LogP contribution in [0.15, 0.2) is 30.3 Å². The van der Waals surface area contributed by atoms with E-state index in [1.54, 1.807) is 0 Å². The van der Waals surface area contributed by atoms with Crippen molar-refractivity contribution in [3.05, 3.63) is 30.3 Å². The smallest absolute Gasteiger partial charge is 0.119 e. The predicted octanol–water partition coefficient (Wildman–Crippen LogP) is 3.77. The molecule has 0 saturated heterocycles. The molecule has 0 amide bonds. The molecular weight excluding hydrogens is 262 g/mol. The van der Waals surface area contributed by atoms with Crippen LogP contribution in [0.1, 0.15) is 46.0 Å². The fraction of sp³-hybridized carbons (Fsp3) is 0.667. The molecule has 2 N–H and O–H groups in total. The fourth-order valence-electron chi connectivity index (χ4n) is 2.84. The second-order valence-electron chi connectivity index (χ2n) is 6.91. The Morgan fingerprint density at radius 1 is 1.00 bits per heavy atom. The highest BCUT2D eigenvalue weighted by Crippen LogP contribution is 2.41. The van der Waals surface area contributed by atoms with Crippen LogP contribution in [-0.2, 0) is 4.74 Å². The van der Waals surface area contributed by atoms with Gasteiger partial charge in [-0.05, 0) is 43.2 Å². The summed E-state index contributed by atoms with van der Waals surface area (Å²) in [6.45, 7) is 6.71. The Balaban J connectivity index is 1.67. The lowest BCUT2D eigenvalue weighted by molar-refractivity contribution is -0.0834. The molecule has 3 heteroatoms. The van der Waals surface area contributed by atoms with Gasteiger partial charge in [-0.1, -0.05) is 32.0 Å². The van der Waals surface area contributed by atoms with Crippen molar-refractivity contribution in [3.63, 3.8) is 0 Å². The Labute approximate surface area is 128 Å². The number of hydrogen-bond donors (Lipinski definition) is 1. The van der Waals surface area contributed by atoms with Gasteiger partial charge < -0.3 is 15.2 Å². The molecule has 0 heterocycles. The summed E-state index contributed by atoms with van der Waals surface area (Å²) in [6.07, 6.45) is 5.46. The van der Waals surface area contributed by atoms with E-state index in [4.69, 9.17) is 15.2 Å². The standard InChI is InChI=1S/C18H29NO2/c1-17(2)9-11-18(15-19,12-10-17)21-14-6-13-20-16-7-4-3-5-8-16/h3-5,7-8H,6,9-15,19H2,1-2H3. The number of para-hydroxylation sites is 1. The Morgan fingerprint density at radius 3 is 2.29 bits per heavy atom. The van der Waals surface area contributed by atoms with Crippen LogP contribution < -0.4 is 10.5 Å². The molecule has 0 aromatic heterocycles. The molecule has 0 atom stereocenters. The van der Waals surface area contributed by atoms with Crippen LogP contribution in [0.5, 0.6) is 5.75 Å². The minimum Gasteiger partial charge on any atom is -0.494 e. The summed E-state index contributed by atoms with van der Waals surface area (Å²) in [5.74, 6) is 0.922. The van der Waals surface area contributed by atoms with Crippen molar-refractivity contribution in [2.24, 2.45) is 11.1 Å². The fourth-order valence-corrected chi connectivity index (χ4v) is 2.84. The van der Waals surface area contributed by atoms with E-state index in [-0.39, 0.29) is 5.60 Å². The molecule has 2 rings (SSSR count). The van der Waals surface area contributed by atoms with Crippen molar-refractivity contribution in [1.29, 1.82) is 0 Å². The molecule has 118 valence electrons. The number of nitrogens with two attached hydrogens (primary N) is 1. The van der Waals surface area contributed by atoms with Crippen molar-refractivity contribution in [3.8, 4) is 5.75 Å². The van der Waals surface area contributed by atoms with Crippen molar-refractivity contribution in [2.45, 2.75) is 51.6 Å². The average Bonchev–Trinajstić information content (AvgIpc) is 2.50. The van der Waals surface area contributed by atoms with Gasteiger partial charge in [-0.3, -0.25) is 0 Å². The molecule has 1 aliphatic carbocycles. The minimum absolute atomic E-state index is 0.0950. The summed E-state index contributed by atoms with van der Waals surface area (Å²) in [5, 5.41) is 0. The molecule has 1 aromatic carbocycles. The van der Waals surface area contributed by atoms with Gasteiger partial charge in [0.15, 0.2) is 0 Å². The molecule has 0 aliphatic heterocycles. The van der Waals surface area contributed by atoms with E-state index >= 15 is 0 Å². The van der Waals surface area contributed by atoms with Crippen LogP contribution in [0, 0.1) is 5.41 Å². The van der Waals surface area contributed by atoms with Crippen LogP contribution in [0.2, 0.25) is 0 Å². The first-order valence-corrected chi connectivity index (χ1v) is 8.07. The summed E-state index contributed by atoms with van der Waals surface area (Å²) >= 11 is 0. The minimum atomic E-state index is -0.0950. The Hall–Kier alpha value is -1.06. The van der Waals surface area contributed by atoms with Gasteiger partial charge in [0, 0.05) is 13.0 Å². The number of benzene rings is 1. The number of hydrogen-bond acceptors (Lipinski definition) is 3. The summed E-state index contributed by atoms with van der Waals surface area (Å²) < 4.78 is 11.8. The van der Waals surface area contributed by atoms with Crippen molar-refractivity contribution >= 4 is 0 Å². The SMILES string of the molecule is CC1(C)CCC(CN)(OCCCOc2ccccc2)CC1. The molecule has 0 unspecified atom stereocenters. The lowest BCUT2D eigenvalue weighted by atomic mass is 9.71. The molecule has 1 fully saturated rings. The summed E-state index contributed by atoms with van der Waals surface area (Å²) in [7, 11) is 0.